The number of hydrazine groups is 1. The summed E-state index contributed by atoms with van der Waals surface area (Å²) in [6, 6.07) is 15.9. The number of para-hydroxylation sites is 1. The zero-order chi connectivity index (χ0) is 22.4. The zero-order valence-corrected chi connectivity index (χ0v) is 17.5. The van der Waals surface area contributed by atoms with Crippen molar-refractivity contribution in [3.63, 3.8) is 0 Å². The first-order chi connectivity index (χ1) is 14.9. The van der Waals surface area contributed by atoms with Gasteiger partial charge < -0.3 is 9.64 Å². The van der Waals surface area contributed by atoms with Crippen molar-refractivity contribution >= 4 is 29.4 Å². The molecule has 2 atom stereocenters. The minimum atomic E-state index is -1.13. The van der Waals surface area contributed by atoms with Crippen molar-refractivity contribution in [2.45, 2.75) is 32.8 Å². The van der Waals surface area contributed by atoms with Gasteiger partial charge in [-0.25, -0.2) is 0 Å². The molecular weight excluding hydrogens is 398 g/mol. The molecule has 1 aliphatic rings. The summed E-state index contributed by atoms with van der Waals surface area (Å²) in [5, 5.41) is 0. The van der Waals surface area contributed by atoms with Crippen molar-refractivity contribution in [3.8, 4) is 0 Å². The Kier molecular flexibility index (Phi) is 7.02. The van der Waals surface area contributed by atoms with E-state index < -0.39 is 29.8 Å². The highest BCUT2D eigenvalue weighted by Gasteiger charge is 2.37. The van der Waals surface area contributed by atoms with E-state index in [0.717, 1.165) is 17.7 Å². The summed E-state index contributed by atoms with van der Waals surface area (Å²) < 4.78 is 5.24. The van der Waals surface area contributed by atoms with E-state index in [1.807, 2.05) is 31.2 Å². The molecule has 2 aromatic carbocycles. The van der Waals surface area contributed by atoms with Crippen molar-refractivity contribution < 1.29 is 23.9 Å². The first-order valence-electron chi connectivity index (χ1n) is 10.1. The van der Waals surface area contributed by atoms with Crippen LogP contribution in [-0.2, 0) is 25.5 Å². The van der Waals surface area contributed by atoms with Gasteiger partial charge in [-0.1, -0.05) is 43.3 Å². The van der Waals surface area contributed by atoms with Crippen LogP contribution < -0.4 is 15.8 Å². The first kappa shape index (κ1) is 22.0. The zero-order valence-electron chi connectivity index (χ0n) is 17.5. The van der Waals surface area contributed by atoms with Gasteiger partial charge in [-0.2, -0.15) is 0 Å². The highest BCUT2D eigenvalue weighted by atomic mass is 16.5. The van der Waals surface area contributed by atoms with Gasteiger partial charge in [0.05, 0.1) is 5.92 Å². The number of aryl methyl sites for hydroxylation is 1. The van der Waals surface area contributed by atoms with Crippen molar-refractivity contribution in [2.75, 3.05) is 11.4 Å². The molecule has 1 heterocycles. The van der Waals surface area contributed by atoms with Gasteiger partial charge in [-0.15, -0.1) is 0 Å². The number of carbonyl (C=O) groups is 4. The molecule has 0 bridgehead atoms. The van der Waals surface area contributed by atoms with Crippen LogP contribution in [0.1, 0.15) is 36.2 Å². The van der Waals surface area contributed by atoms with Gasteiger partial charge in [0.1, 0.15) is 0 Å². The van der Waals surface area contributed by atoms with Crippen LogP contribution in [0.3, 0.4) is 0 Å². The number of nitrogens with one attached hydrogen (secondary N) is 2. The predicted octanol–water partition coefficient (Wildman–Crippen LogP) is 1.99. The third kappa shape index (κ3) is 5.28. The van der Waals surface area contributed by atoms with E-state index in [4.69, 9.17) is 4.74 Å². The van der Waals surface area contributed by atoms with Gasteiger partial charge in [0, 0.05) is 24.2 Å². The molecule has 0 radical (unpaired) electrons. The Morgan fingerprint density at radius 1 is 1.06 bits per heavy atom. The normalized spacial score (nSPS) is 16.5. The summed E-state index contributed by atoms with van der Waals surface area (Å²) in [6.07, 6.45) is -0.340. The number of anilines is 1. The molecule has 8 heteroatoms. The van der Waals surface area contributed by atoms with Gasteiger partial charge in [0.25, 0.3) is 11.8 Å². The predicted molar refractivity (Wildman–Crippen MR) is 114 cm³/mol. The lowest BCUT2D eigenvalue weighted by Gasteiger charge is -2.20. The average Bonchev–Trinajstić information content (AvgIpc) is 3.19. The molecule has 1 aliphatic heterocycles. The summed E-state index contributed by atoms with van der Waals surface area (Å²) in [5.74, 6) is -2.60. The van der Waals surface area contributed by atoms with Crippen LogP contribution in [-0.4, -0.2) is 36.3 Å². The summed E-state index contributed by atoms with van der Waals surface area (Å²) in [7, 11) is 0. The number of carbonyl (C=O) groups excluding carboxylic acids is 4. The van der Waals surface area contributed by atoms with E-state index in [1.54, 1.807) is 35.2 Å². The van der Waals surface area contributed by atoms with E-state index in [1.165, 1.54) is 6.92 Å². The number of ether oxygens (including phenoxy) is 1. The van der Waals surface area contributed by atoms with Crippen LogP contribution in [0.15, 0.2) is 54.6 Å². The van der Waals surface area contributed by atoms with Crippen LogP contribution in [0.5, 0.6) is 0 Å². The molecule has 162 valence electrons. The molecule has 0 aliphatic carbocycles. The average molecular weight is 423 g/mol. The smallest absolute Gasteiger partial charge is 0.312 e. The summed E-state index contributed by atoms with van der Waals surface area (Å²) in [4.78, 5) is 50.8. The lowest BCUT2D eigenvalue weighted by atomic mass is 10.1. The molecule has 0 saturated carbocycles. The third-order valence-corrected chi connectivity index (χ3v) is 5.12. The molecule has 1 saturated heterocycles. The van der Waals surface area contributed by atoms with Crippen LogP contribution >= 0.6 is 0 Å². The Bertz CT molecular complexity index is 976. The summed E-state index contributed by atoms with van der Waals surface area (Å²) >= 11 is 0. The third-order valence-electron chi connectivity index (χ3n) is 5.12. The summed E-state index contributed by atoms with van der Waals surface area (Å²) in [5.41, 5.74) is 6.71. The van der Waals surface area contributed by atoms with Gasteiger partial charge in [-0.05, 0) is 37.1 Å². The highest BCUT2D eigenvalue weighted by molar-refractivity contribution is 6.00. The fourth-order valence-corrected chi connectivity index (χ4v) is 3.38. The maximum absolute atomic E-state index is 12.5. The molecule has 8 nitrogen and oxygen atoms in total. The number of rotatable bonds is 6. The number of amides is 3. The number of hydrogen-bond donors (Lipinski definition) is 2. The first-order valence-corrected chi connectivity index (χ1v) is 10.1. The fourth-order valence-electron chi connectivity index (χ4n) is 3.38. The minimum absolute atomic E-state index is 0.0238. The van der Waals surface area contributed by atoms with Gasteiger partial charge in [-0.3, -0.25) is 30.0 Å². The van der Waals surface area contributed by atoms with Crippen molar-refractivity contribution in [1.82, 2.24) is 10.9 Å². The monoisotopic (exact) mass is 423 g/mol. The van der Waals surface area contributed by atoms with Crippen molar-refractivity contribution in [3.05, 3.63) is 65.7 Å². The largest absolute Gasteiger partial charge is 0.452 e. The van der Waals surface area contributed by atoms with Crippen LogP contribution in [0.4, 0.5) is 5.69 Å². The van der Waals surface area contributed by atoms with Crippen molar-refractivity contribution in [1.29, 1.82) is 0 Å². The number of nitrogens with zero attached hydrogens (tertiary/aromatic N) is 1. The molecule has 1 fully saturated rings. The second-order valence-electron chi connectivity index (χ2n) is 7.28. The van der Waals surface area contributed by atoms with Gasteiger partial charge >= 0.3 is 5.97 Å². The standard InChI is InChI=1S/C23H25N3O5/c1-3-16-9-7-8-12-19(16)26-14-18(13-20(26)27)23(30)31-15(2)21(28)24-25-22(29)17-10-5-4-6-11-17/h4-12,15,18H,3,13-14H2,1-2H3,(H,24,28)(H,25,29)/t15-,18+/m1/s1. The molecule has 0 unspecified atom stereocenters. The minimum Gasteiger partial charge on any atom is -0.452 e. The molecule has 0 aromatic heterocycles. The maximum atomic E-state index is 12.5. The fraction of sp³-hybridized carbons (Fsp3) is 0.304. The lowest BCUT2D eigenvalue weighted by molar-refractivity contribution is -0.158. The topological polar surface area (TPSA) is 105 Å². The van der Waals surface area contributed by atoms with E-state index >= 15 is 0 Å². The molecule has 2 aromatic rings. The number of esters is 1. The van der Waals surface area contributed by atoms with Crippen LogP contribution in [0, 0.1) is 5.92 Å². The van der Waals surface area contributed by atoms with E-state index in [0.29, 0.717) is 5.56 Å². The molecule has 3 amide bonds. The van der Waals surface area contributed by atoms with E-state index in [-0.39, 0.29) is 18.9 Å². The summed E-state index contributed by atoms with van der Waals surface area (Å²) in [6.45, 7) is 3.61. The van der Waals surface area contributed by atoms with Crippen LogP contribution in [0.2, 0.25) is 0 Å². The molecule has 3 rings (SSSR count). The Morgan fingerprint density at radius 3 is 2.45 bits per heavy atom. The molecule has 31 heavy (non-hydrogen) atoms. The van der Waals surface area contributed by atoms with Gasteiger partial charge in [0.2, 0.25) is 5.91 Å². The van der Waals surface area contributed by atoms with Gasteiger partial charge in [0.15, 0.2) is 6.10 Å². The number of benzene rings is 2. The molecule has 2 N–H and O–H groups in total. The second kappa shape index (κ2) is 9.88. The SMILES string of the molecule is CCc1ccccc1N1C[C@@H](C(=O)O[C@H](C)C(=O)NNC(=O)c2ccccc2)CC1=O. The number of hydrogen-bond acceptors (Lipinski definition) is 5. The van der Waals surface area contributed by atoms with Crippen molar-refractivity contribution in [2.24, 2.45) is 5.92 Å². The quantitative estimate of drug-likeness (QED) is 0.546. The Balaban J connectivity index is 1.53. The lowest BCUT2D eigenvalue weighted by Crippen LogP contribution is -2.47. The Labute approximate surface area is 180 Å². The maximum Gasteiger partial charge on any atom is 0.312 e. The second-order valence-corrected chi connectivity index (χ2v) is 7.28. The highest BCUT2D eigenvalue weighted by Crippen LogP contribution is 2.29. The molecule has 0 spiro atoms. The van der Waals surface area contributed by atoms with Crippen LogP contribution in [0.25, 0.3) is 0 Å². The van der Waals surface area contributed by atoms with E-state index in [9.17, 15) is 19.2 Å². The Morgan fingerprint density at radius 2 is 1.74 bits per heavy atom. The Hall–Kier alpha value is -3.68. The molecular formula is C23H25N3O5. The van der Waals surface area contributed by atoms with E-state index in [2.05, 4.69) is 10.9 Å².